The summed E-state index contributed by atoms with van der Waals surface area (Å²) in [4.78, 5) is 19.6. The molecular weight excluding hydrogens is 366 g/mol. The molecule has 1 amide bonds. The highest BCUT2D eigenvalue weighted by Gasteiger charge is 2.20. The van der Waals surface area contributed by atoms with Gasteiger partial charge in [0.05, 0.1) is 12.3 Å². The summed E-state index contributed by atoms with van der Waals surface area (Å²) >= 11 is 2.90. The summed E-state index contributed by atoms with van der Waals surface area (Å²) < 4.78 is 1.89. The van der Waals surface area contributed by atoms with E-state index in [9.17, 15) is 9.90 Å². The summed E-state index contributed by atoms with van der Waals surface area (Å²) in [5.74, 6) is 0.270. The number of amides is 1. The zero-order valence-corrected chi connectivity index (χ0v) is 16.1. The van der Waals surface area contributed by atoms with E-state index in [1.165, 1.54) is 23.1 Å². The first kappa shape index (κ1) is 18.7. The minimum atomic E-state index is -0.680. The molecule has 26 heavy (non-hydrogen) atoms. The molecular formula is C19H21N3O2S2. The molecule has 0 fully saturated rings. The molecule has 2 heterocycles. The first-order valence-electron chi connectivity index (χ1n) is 8.27. The molecule has 0 aliphatic rings. The van der Waals surface area contributed by atoms with E-state index >= 15 is 0 Å². The second-order valence-corrected chi connectivity index (χ2v) is 7.82. The summed E-state index contributed by atoms with van der Waals surface area (Å²) in [5.41, 5.74) is 1.04. The lowest BCUT2D eigenvalue weighted by molar-refractivity contribution is -0.130. The van der Waals surface area contributed by atoms with Crippen LogP contribution >= 0.6 is 23.1 Å². The Balaban J connectivity index is 1.68. The summed E-state index contributed by atoms with van der Waals surface area (Å²) in [6, 6.07) is 13.6. The maximum atomic E-state index is 12.8. The van der Waals surface area contributed by atoms with Gasteiger partial charge in [0.2, 0.25) is 5.91 Å². The number of aryl methyl sites for hydroxylation is 1. The predicted octanol–water partition coefficient (Wildman–Crippen LogP) is 3.34. The van der Waals surface area contributed by atoms with Crippen LogP contribution in [-0.4, -0.2) is 37.8 Å². The minimum absolute atomic E-state index is 0.0162. The Morgan fingerprint density at radius 1 is 1.31 bits per heavy atom. The number of hydrogen-bond acceptors (Lipinski definition) is 5. The molecule has 0 saturated heterocycles. The smallest absolute Gasteiger partial charge is 0.233 e. The maximum Gasteiger partial charge on any atom is 0.233 e. The van der Waals surface area contributed by atoms with E-state index in [0.717, 1.165) is 15.6 Å². The third kappa shape index (κ3) is 4.97. The van der Waals surface area contributed by atoms with Gasteiger partial charge in [-0.1, -0.05) is 48.2 Å². The van der Waals surface area contributed by atoms with Gasteiger partial charge in [0.1, 0.15) is 6.10 Å². The number of carbonyl (C=O) groups excluding carboxylic acids is 1. The van der Waals surface area contributed by atoms with Crippen molar-refractivity contribution < 1.29 is 9.90 Å². The fraction of sp³-hybridized carbons (Fsp3) is 0.263. The lowest BCUT2D eigenvalue weighted by atomic mass is 10.2. The SMILES string of the molecule is Cn1ccnc1SCC(=O)N(Cc1ccccc1)CC(O)c1cccs1. The van der Waals surface area contributed by atoms with Gasteiger partial charge in [-0.2, -0.15) is 0 Å². The molecule has 7 heteroatoms. The van der Waals surface area contributed by atoms with Crippen LogP contribution in [0.3, 0.4) is 0 Å². The van der Waals surface area contributed by atoms with Crippen LogP contribution in [0.15, 0.2) is 65.4 Å². The fourth-order valence-corrected chi connectivity index (χ4v) is 4.08. The van der Waals surface area contributed by atoms with Crippen molar-refractivity contribution in [2.75, 3.05) is 12.3 Å². The molecule has 3 aromatic rings. The third-order valence-electron chi connectivity index (χ3n) is 3.94. The van der Waals surface area contributed by atoms with Crippen molar-refractivity contribution in [3.63, 3.8) is 0 Å². The minimum Gasteiger partial charge on any atom is -0.386 e. The van der Waals surface area contributed by atoms with Crippen LogP contribution in [0.4, 0.5) is 0 Å². The number of aromatic nitrogens is 2. The normalized spacial score (nSPS) is 12.1. The van der Waals surface area contributed by atoms with E-state index in [0.29, 0.717) is 6.54 Å². The number of hydrogen-bond donors (Lipinski definition) is 1. The number of thioether (sulfide) groups is 1. The second-order valence-electron chi connectivity index (χ2n) is 5.90. The summed E-state index contributed by atoms with van der Waals surface area (Å²) in [7, 11) is 1.90. The summed E-state index contributed by atoms with van der Waals surface area (Å²) in [6.45, 7) is 0.749. The molecule has 2 aromatic heterocycles. The van der Waals surface area contributed by atoms with Gasteiger partial charge in [-0.15, -0.1) is 11.3 Å². The monoisotopic (exact) mass is 387 g/mol. The molecule has 5 nitrogen and oxygen atoms in total. The van der Waals surface area contributed by atoms with E-state index in [4.69, 9.17) is 0 Å². The average molecular weight is 388 g/mol. The predicted molar refractivity (Wildman–Crippen MR) is 105 cm³/mol. The first-order chi connectivity index (χ1) is 12.6. The van der Waals surface area contributed by atoms with E-state index < -0.39 is 6.10 Å². The average Bonchev–Trinajstić information content (AvgIpc) is 3.32. The van der Waals surface area contributed by atoms with Gasteiger partial charge in [0, 0.05) is 30.9 Å². The molecule has 1 atom stereocenters. The Hall–Kier alpha value is -2.09. The van der Waals surface area contributed by atoms with Crippen molar-refractivity contribution in [3.05, 3.63) is 70.7 Å². The third-order valence-corrected chi connectivity index (χ3v) is 5.95. The van der Waals surface area contributed by atoms with Crippen molar-refractivity contribution in [1.82, 2.24) is 14.5 Å². The van der Waals surface area contributed by atoms with Crippen molar-refractivity contribution in [2.45, 2.75) is 17.8 Å². The van der Waals surface area contributed by atoms with Gasteiger partial charge in [0.15, 0.2) is 5.16 Å². The molecule has 3 rings (SSSR count). The van der Waals surface area contributed by atoms with Crippen molar-refractivity contribution >= 4 is 29.0 Å². The van der Waals surface area contributed by atoms with Crippen LogP contribution in [0.2, 0.25) is 0 Å². The summed E-state index contributed by atoms with van der Waals surface area (Å²) in [6.07, 6.45) is 2.89. The van der Waals surface area contributed by atoms with Crippen molar-refractivity contribution in [2.24, 2.45) is 7.05 Å². The van der Waals surface area contributed by atoms with Gasteiger partial charge < -0.3 is 14.6 Å². The van der Waals surface area contributed by atoms with Gasteiger partial charge in [0.25, 0.3) is 0 Å². The number of rotatable bonds is 8. The van der Waals surface area contributed by atoms with Crippen LogP contribution in [0.5, 0.6) is 0 Å². The zero-order valence-electron chi connectivity index (χ0n) is 14.5. The molecule has 1 aromatic carbocycles. The lowest BCUT2D eigenvalue weighted by Crippen LogP contribution is -2.35. The van der Waals surface area contributed by atoms with Crippen LogP contribution in [0, 0.1) is 0 Å². The van der Waals surface area contributed by atoms with Gasteiger partial charge in [-0.25, -0.2) is 4.98 Å². The molecule has 0 saturated carbocycles. The number of nitrogens with zero attached hydrogens (tertiary/aromatic N) is 3. The highest BCUT2D eigenvalue weighted by Crippen LogP contribution is 2.22. The topological polar surface area (TPSA) is 58.4 Å². The molecule has 1 unspecified atom stereocenters. The highest BCUT2D eigenvalue weighted by molar-refractivity contribution is 7.99. The van der Waals surface area contributed by atoms with Gasteiger partial charge in [-0.3, -0.25) is 4.79 Å². The Labute approximate surface area is 161 Å². The molecule has 0 radical (unpaired) electrons. The molecule has 136 valence electrons. The van der Waals surface area contributed by atoms with Crippen molar-refractivity contribution in [1.29, 1.82) is 0 Å². The largest absolute Gasteiger partial charge is 0.386 e. The van der Waals surface area contributed by atoms with Crippen molar-refractivity contribution in [3.8, 4) is 0 Å². The van der Waals surface area contributed by atoms with Crippen LogP contribution in [-0.2, 0) is 18.4 Å². The Morgan fingerprint density at radius 3 is 2.77 bits per heavy atom. The van der Waals surface area contributed by atoms with Gasteiger partial charge in [-0.05, 0) is 17.0 Å². The number of imidazole rings is 1. The van der Waals surface area contributed by atoms with Gasteiger partial charge >= 0.3 is 0 Å². The first-order valence-corrected chi connectivity index (χ1v) is 10.1. The zero-order chi connectivity index (χ0) is 18.4. The standard InChI is InChI=1S/C19H21N3O2S2/c1-21-10-9-20-19(21)26-14-18(24)22(12-15-6-3-2-4-7-15)13-16(23)17-8-5-11-25-17/h2-11,16,23H,12-14H2,1H3. The molecule has 0 aliphatic carbocycles. The lowest BCUT2D eigenvalue weighted by Gasteiger charge is -2.25. The number of aliphatic hydroxyl groups is 1. The van der Waals surface area contributed by atoms with E-state index in [2.05, 4.69) is 4.98 Å². The molecule has 1 N–H and O–H groups in total. The number of thiophene rings is 1. The fourth-order valence-electron chi connectivity index (χ4n) is 2.55. The van der Waals surface area contributed by atoms with Crippen LogP contribution < -0.4 is 0 Å². The van der Waals surface area contributed by atoms with Crippen LogP contribution in [0.25, 0.3) is 0 Å². The summed E-state index contributed by atoms with van der Waals surface area (Å²) in [5, 5.41) is 13.2. The quantitative estimate of drug-likeness (QED) is 0.602. The number of carbonyl (C=O) groups is 1. The molecule has 0 bridgehead atoms. The van der Waals surface area contributed by atoms with E-state index in [1.807, 2.05) is 65.7 Å². The van der Waals surface area contributed by atoms with E-state index in [1.54, 1.807) is 11.1 Å². The Bertz CT molecular complexity index is 818. The Kier molecular flexibility index (Phi) is 6.49. The molecule has 0 aliphatic heterocycles. The Morgan fingerprint density at radius 2 is 2.12 bits per heavy atom. The highest BCUT2D eigenvalue weighted by atomic mass is 32.2. The van der Waals surface area contributed by atoms with E-state index in [-0.39, 0.29) is 18.2 Å². The van der Waals surface area contributed by atoms with Crippen LogP contribution in [0.1, 0.15) is 16.5 Å². The number of benzene rings is 1. The second kappa shape index (κ2) is 9.02. The number of aliphatic hydroxyl groups excluding tert-OH is 1. The molecule has 0 spiro atoms. The maximum absolute atomic E-state index is 12.8.